The highest BCUT2D eigenvalue weighted by Crippen LogP contribution is 2.26. The van der Waals surface area contributed by atoms with E-state index in [9.17, 15) is 4.79 Å². The van der Waals surface area contributed by atoms with Crippen LogP contribution in [0.5, 0.6) is 0 Å². The predicted molar refractivity (Wildman–Crippen MR) is 93.4 cm³/mol. The number of nitrogens with zero attached hydrogens (tertiary/aromatic N) is 1. The number of rotatable bonds is 1. The largest absolute Gasteiger partial charge is 0.318 e. The molecule has 1 aliphatic heterocycles. The third-order valence-corrected chi connectivity index (χ3v) is 4.21. The number of para-hydroxylation sites is 1. The van der Waals surface area contributed by atoms with E-state index in [-0.39, 0.29) is 5.91 Å². The van der Waals surface area contributed by atoms with Gasteiger partial charge in [0.2, 0.25) is 0 Å². The molecule has 2 aromatic carbocycles. The van der Waals surface area contributed by atoms with Gasteiger partial charge in [0.15, 0.2) is 5.11 Å². The fourth-order valence-electron chi connectivity index (χ4n) is 2.69. The summed E-state index contributed by atoms with van der Waals surface area (Å²) in [7, 11) is 0. The Hall–Kier alpha value is -2.20. The molecule has 1 N–H and O–H groups in total. The van der Waals surface area contributed by atoms with E-state index in [4.69, 9.17) is 12.2 Å². The van der Waals surface area contributed by atoms with E-state index in [1.807, 2.05) is 48.2 Å². The molecule has 1 aliphatic rings. The average molecular weight is 310 g/mol. The van der Waals surface area contributed by atoms with Crippen LogP contribution in [-0.2, 0) is 6.42 Å². The van der Waals surface area contributed by atoms with Gasteiger partial charge in [-0.25, -0.2) is 0 Å². The molecule has 0 fully saturated rings. The molecule has 0 spiro atoms. The molecule has 2 aromatic rings. The van der Waals surface area contributed by atoms with E-state index in [0.29, 0.717) is 10.7 Å². The van der Waals surface area contributed by atoms with Gasteiger partial charge in [-0.2, -0.15) is 0 Å². The van der Waals surface area contributed by atoms with Crippen LogP contribution in [0.4, 0.5) is 5.69 Å². The molecule has 0 aliphatic carbocycles. The van der Waals surface area contributed by atoms with Crippen molar-refractivity contribution >= 4 is 28.9 Å². The minimum absolute atomic E-state index is 0.159. The molecule has 22 heavy (non-hydrogen) atoms. The highest BCUT2D eigenvalue weighted by molar-refractivity contribution is 7.80. The molecule has 0 unspecified atom stereocenters. The maximum atomic E-state index is 12.3. The third kappa shape index (κ3) is 3.02. The number of carbonyl (C=O) groups excluding carboxylic acids is 1. The lowest BCUT2D eigenvalue weighted by molar-refractivity contribution is 0.0977. The van der Waals surface area contributed by atoms with Crippen LogP contribution in [0, 0.1) is 6.92 Å². The summed E-state index contributed by atoms with van der Waals surface area (Å²) >= 11 is 5.45. The number of benzene rings is 2. The fourth-order valence-corrected chi connectivity index (χ4v) is 2.97. The summed E-state index contributed by atoms with van der Waals surface area (Å²) in [6.07, 6.45) is 2.10. The van der Waals surface area contributed by atoms with Crippen LogP contribution in [0.2, 0.25) is 0 Å². The molecule has 1 heterocycles. The Kier molecular flexibility index (Phi) is 4.20. The molecule has 3 nitrogen and oxygen atoms in total. The Labute approximate surface area is 136 Å². The SMILES string of the molecule is Cc1ccc(C(=O)NC(=S)N2CCCc3ccccc32)cc1. The van der Waals surface area contributed by atoms with Crippen molar-refractivity contribution in [2.75, 3.05) is 11.4 Å². The lowest BCUT2D eigenvalue weighted by Crippen LogP contribution is -2.45. The lowest BCUT2D eigenvalue weighted by atomic mass is 10.0. The molecule has 0 saturated carbocycles. The lowest BCUT2D eigenvalue weighted by Gasteiger charge is -2.31. The molecule has 0 saturated heterocycles. The van der Waals surface area contributed by atoms with Gasteiger partial charge in [0.05, 0.1) is 0 Å². The minimum atomic E-state index is -0.159. The summed E-state index contributed by atoms with van der Waals surface area (Å²) in [5, 5.41) is 3.31. The van der Waals surface area contributed by atoms with Gasteiger partial charge in [0.1, 0.15) is 0 Å². The quantitative estimate of drug-likeness (QED) is 0.819. The van der Waals surface area contributed by atoms with Gasteiger partial charge < -0.3 is 4.90 Å². The summed E-state index contributed by atoms with van der Waals surface area (Å²) in [6.45, 7) is 2.83. The number of amides is 1. The molecule has 0 atom stereocenters. The van der Waals surface area contributed by atoms with Crippen molar-refractivity contribution in [3.05, 3.63) is 65.2 Å². The molecule has 0 aromatic heterocycles. The van der Waals surface area contributed by atoms with E-state index < -0.39 is 0 Å². The van der Waals surface area contributed by atoms with Gasteiger partial charge in [-0.15, -0.1) is 0 Å². The van der Waals surface area contributed by atoms with Crippen molar-refractivity contribution in [2.24, 2.45) is 0 Å². The molecular formula is C18H18N2OS. The molecular weight excluding hydrogens is 292 g/mol. The molecule has 1 amide bonds. The Morgan fingerprint density at radius 3 is 2.64 bits per heavy atom. The van der Waals surface area contributed by atoms with E-state index in [1.54, 1.807) is 0 Å². The second kappa shape index (κ2) is 6.28. The smallest absolute Gasteiger partial charge is 0.257 e. The standard InChI is InChI=1S/C18H18N2OS/c1-13-8-10-15(11-9-13)17(21)19-18(22)20-12-4-6-14-5-2-3-7-16(14)20/h2-3,5,7-11H,4,6,12H2,1H3,(H,19,21,22). The van der Waals surface area contributed by atoms with E-state index in [0.717, 1.165) is 30.6 Å². The first-order chi connectivity index (χ1) is 10.6. The van der Waals surface area contributed by atoms with Gasteiger partial charge in [-0.05, 0) is 55.7 Å². The summed E-state index contributed by atoms with van der Waals surface area (Å²) in [5.74, 6) is -0.159. The Morgan fingerprint density at radius 1 is 1.14 bits per heavy atom. The minimum Gasteiger partial charge on any atom is -0.318 e. The van der Waals surface area contributed by atoms with Gasteiger partial charge in [-0.1, -0.05) is 35.9 Å². The zero-order valence-corrected chi connectivity index (χ0v) is 13.3. The van der Waals surface area contributed by atoms with Crippen molar-refractivity contribution in [1.82, 2.24) is 5.32 Å². The van der Waals surface area contributed by atoms with Gasteiger partial charge in [0, 0.05) is 17.8 Å². The predicted octanol–water partition coefficient (Wildman–Crippen LogP) is 3.46. The number of fused-ring (bicyclic) bond motifs is 1. The highest BCUT2D eigenvalue weighted by atomic mass is 32.1. The topological polar surface area (TPSA) is 32.3 Å². The van der Waals surface area contributed by atoms with Crippen LogP contribution < -0.4 is 10.2 Å². The van der Waals surface area contributed by atoms with E-state index >= 15 is 0 Å². The van der Waals surface area contributed by atoms with Crippen molar-refractivity contribution in [2.45, 2.75) is 19.8 Å². The first-order valence-electron chi connectivity index (χ1n) is 7.42. The molecule has 112 valence electrons. The van der Waals surface area contributed by atoms with E-state index in [2.05, 4.69) is 17.4 Å². The normalized spacial score (nSPS) is 13.4. The summed E-state index contributed by atoms with van der Waals surface area (Å²) in [5.41, 5.74) is 4.13. The van der Waals surface area contributed by atoms with Crippen LogP contribution in [-0.4, -0.2) is 17.6 Å². The second-order valence-corrected chi connectivity index (χ2v) is 5.90. The Morgan fingerprint density at radius 2 is 1.86 bits per heavy atom. The fraction of sp³-hybridized carbons (Fsp3) is 0.222. The third-order valence-electron chi connectivity index (χ3n) is 3.89. The first-order valence-corrected chi connectivity index (χ1v) is 7.83. The molecule has 0 radical (unpaired) electrons. The molecule has 3 rings (SSSR count). The van der Waals surface area contributed by atoms with Crippen LogP contribution in [0.3, 0.4) is 0 Å². The first kappa shape index (κ1) is 14.7. The van der Waals surface area contributed by atoms with Gasteiger partial charge in [-0.3, -0.25) is 10.1 Å². The molecule has 0 bridgehead atoms. The van der Waals surface area contributed by atoms with Crippen molar-refractivity contribution in [1.29, 1.82) is 0 Å². The van der Waals surface area contributed by atoms with Crippen LogP contribution in [0.15, 0.2) is 48.5 Å². The van der Waals surface area contributed by atoms with Crippen molar-refractivity contribution in [3.8, 4) is 0 Å². The van der Waals surface area contributed by atoms with Crippen LogP contribution >= 0.6 is 12.2 Å². The zero-order valence-electron chi connectivity index (χ0n) is 12.5. The number of hydrogen-bond acceptors (Lipinski definition) is 2. The Bertz CT molecular complexity index is 709. The number of thiocarbonyl (C=S) groups is 1. The number of hydrogen-bond donors (Lipinski definition) is 1. The highest BCUT2D eigenvalue weighted by Gasteiger charge is 2.21. The van der Waals surface area contributed by atoms with Crippen molar-refractivity contribution < 1.29 is 4.79 Å². The summed E-state index contributed by atoms with van der Waals surface area (Å²) < 4.78 is 0. The zero-order chi connectivity index (χ0) is 15.5. The second-order valence-electron chi connectivity index (χ2n) is 5.51. The average Bonchev–Trinajstić information content (AvgIpc) is 2.54. The van der Waals surface area contributed by atoms with Crippen molar-refractivity contribution in [3.63, 3.8) is 0 Å². The van der Waals surface area contributed by atoms with Gasteiger partial charge >= 0.3 is 0 Å². The van der Waals surface area contributed by atoms with E-state index in [1.165, 1.54) is 5.56 Å². The van der Waals surface area contributed by atoms with Gasteiger partial charge in [0.25, 0.3) is 5.91 Å². The van der Waals surface area contributed by atoms with Crippen LogP contribution in [0.25, 0.3) is 0 Å². The maximum Gasteiger partial charge on any atom is 0.257 e. The number of carbonyl (C=O) groups is 1. The van der Waals surface area contributed by atoms with Crippen LogP contribution in [0.1, 0.15) is 27.9 Å². The number of aryl methyl sites for hydroxylation is 2. The number of nitrogens with one attached hydrogen (secondary N) is 1. The summed E-state index contributed by atoms with van der Waals surface area (Å²) in [4.78, 5) is 14.3. The maximum absolute atomic E-state index is 12.3. The Balaban J connectivity index is 1.75. The monoisotopic (exact) mass is 310 g/mol. The summed E-state index contributed by atoms with van der Waals surface area (Å²) in [6, 6.07) is 15.7. The molecule has 4 heteroatoms. The number of anilines is 1.